The molecule has 5 N–H and O–H groups in total. The zero-order chi connectivity index (χ0) is 27.5. The van der Waals surface area contributed by atoms with Crippen LogP contribution < -0.4 is 11.1 Å². The molecular weight excluding hydrogens is 502 g/mol. The van der Waals surface area contributed by atoms with Crippen molar-refractivity contribution in [3.63, 3.8) is 0 Å². The van der Waals surface area contributed by atoms with Gasteiger partial charge in [-0.2, -0.15) is 9.61 Å². The number of nitrogens with one attached hydrogen (secondary N) is 1. The number of fused-ring (bicyclic) bond motifs is 1. The number of aliphatic hydroxyl groups is 2. The maximum absolute atomic E-state index is 15.2. The molecule has 3 aromatic heterocycles. The first-order chi connectivity index (χ1) is 18.6. The first kappa shape index (κ1) is 25.8. The summed E-state index contributed by atoms with van der Waals surface area (Å²) in [6.45, 7) is 3.80. The summed E-state index contributed by atoms with van der Waals surface area (Å²) in [5.74, 6) is -1.09. The minimum atomic E-state index is -1.17. The molecule has 39 heavy (non-hydrogen) atoms. The SMILES string of the molecule is C[C@H]1C[C@@H](c2ccncc2Nc2ncc3ccc(-c4c(F)cc(C5(O)CCC5)cc4F)nn23)C[C@@H](N)[C@]1(C)O. The van der Waals surface area contributed by atoms with Gasteiger partial charge in [0.15, 0.2) is 0 Å². The van der Waals surface area contributed by atoms with Gasteiger partial charge in [-0.15, -0.1) is 0 Å². The molecule has 0 bridgehead atoms. The highest BCUT2D eigenvalue weighted by atomic mass is 19.1. The van der Waals surface area contributed by atoms with E-state index in [9.17, 15) is 10.2 Å². The molecule has 0 saturated heterocycles. The van der Waals surface area contributed by atoms with E-state index >= 15 is 8.78 Å². The normalized spacial score (nSPS) is 26.4. The number of rotatable bonds is 5. The summed E-state index contributed by atoms with van der Waals surface area (Å²) >= 11 is 0. The Kier molecular flexibility index (Phi) is 6.16. The fraction of sp³-hybridized carbons (Fsp3) is 0.414. The number of aromatic nitrogens is 4. The minimum absolute atomic E-state index is 0.00457. The Morgan fingerprint density at radius 1 is 1.08 bits per heavy atom. The molecule has 10 heteroatoms. The summed E-state index contributed by atoms with van der Waals surface area (Å²) in [6.07, 6.45) is 8.21. The van der Waals surface area contributed by atoms with E-state index in [0.29, 0.717) is 30.7 Å². The molecule has 1 aromatic carbocycles. The Morgan fingerprint density at radius 3 is 2.49 bits per heavy atom. The standard InChI is InChI=1S/C29H32F2N6O2/c1-16-10-17(11-25(32)28(16,2)38)20-6-9-33-15-24(20)35-27-34-14-19-4-5-23(36-37(19)27)26-21(30)12-18(13-22(26)31)29(39)7-3-8-29/h4-6,9,12-17,25,38-39H,3,7-8,10-11,32H2,1-2H3,(H,34,35)/t16-,17+,25+,28+/m0/s1. The van der Waals surface area contributed by atoms with Crippen molar-refractivity contribution in [1.29, 1.82) is 0 Å². The molecule has 2 saturated carbocycles. The van der Waals surface area contributed by atoms with Crippen molar-refractivity contribution in [2.45, 2.75) is 69.1 Å². The summed E-state index contributed by atoms with van der Waals surface area (Å²) in [7, 11) is 0. The molecular formula is C29H32F2N6O2. The third-order valence-electron chi connectivity index (χ3n) is 8.87. The molecule has 8 nitrogen and oxygen atoms in total. The molecule has 0 amide bonds. The lowest BCUT2D eigenvalue weighted by molar-refractivity contribution is -0.0463. The van der Waals surface area contributed by atoms with E-state index in [1.807, 2.05) is 13.0 Å². The molecule has 6 rings (SSSR count). The van der Waals surface area contributed by atoms with Gasteiger partial charge in [-0.1, -0.05) is 6.92 Å². The van der Waals surface area contributed by atoms with E-state index < -0.39 is 22.8 Å². The van der Waals surface area contributed by atoms with Crippen LogP contribution in [0.3, 0.4) is 0 Å². The van der Waals surface area contributed by atoms with Gasteiger partial charge in [-0.05, 0) is 92.3 Å². The molecule has 2 aliphatic carbocycles. The first-order valence-electron chi connectivity index (χ1n) is 13.3. The van der Waals surface area contributed by atoms with Crippen molar-refractivity contribution < 1.29 is 19.0 Å². The van der Waals surface area contributed by atoms with Crippen LogP contribution in [-0.4, -0.2) is 41.4 Å². The van der Waals surface area contributed by atoms with Crippen LogP contribution in [0.15, 0.2) is 48.9 Å². The zero-order valence-corrected chi connectivity index (χ0v) is 21.9. The number of pyridine rings is 1. The maximum Gasteiger partial charge on any atom is 0.229 e. The second-order valence-corrected chi connectivity index (χ2v) is 11.3. The molecule has 4 atom stereocenters. The Bertz CT molecular complexity index is 1510. The van der Waals surface area contributed by atoms with Crippen LogP contribution in [0.5, 0.6) is 0 Å². The summed E-state index contributed by atoms with van der Waals surface area (Å²) in [4.78, 5) is 8.73. The highest BCUT2D eigenvalue weighted by Gasteiger charge is 2.42. The molecule has 0 spiro atoms. The summed E-state index contributed by atoms with van der Waals surface area (Å²) in [6, 6.07) is 7.21. The fourth-order valence-electron chi connectivity index (χ4n) is 5.90. The predicted molar refractivity (Wildman–Crippen MR) is 143 cm³/mol. The summed E-state index contributed by atoms with van der Waals surface area (Å²) in [5.41, 5.74) is 6.69. The topological polar surface area (TPSA) is 122 Å². The van der Waals surface area contributed by atoms with Gasteiger partial charge in [0.25, 0.3) is 0 Å². The molecule has 204 valence electrons. The highest BCUT2D eigenvalue weighted by molar-refractivity contribution is 5.66. The van der Waals surface area contributed by atoms with Crippen LogP contribution in [0.25, 0.3) is 16.8 Å². The van der Waals surface area contributed by atoms with Crippen molar-refractivity contribution in [2.24, 2.45) is 11.7 Å². The summed E-state index contributed by atoms with van der Waals surface area (Å²) in [5, 5.41) is 29.1. The van der Waals surface area contributed by atoms with E-state index in [4.69, 9.17) is 5.73 Å². The van der Waals surface area contributed by atoms with Crippen LogP contribution in [0.2, 0.25) is 0 Å². The summed E-state index contributed by atoms with van der Waals surface area (Å²) < 4.78 is 31.8. The molecule has 2 aliphatic rings. The molecule has 0 aliphatic heterocycles. The number of hydrogen-bond acceptors (Lipinski definition) is 7. The van der Waals surface area contributed by atoms with E-state index in [1.54, 1.807) is 37.6 Å². The largest absolute Gasteiger partial charge is 0.388 e. The third-order valence-corrected chi connectivity index (χ3v) is 8.87. The average molecular weight is 535 g/mol. The lowest BCUT2D eigenvalue weighted by Gasteiger charge is -2.44. The lowest BCUT2D eigenvalue weighted by Crippen LogP contribution is -2.54. The Hall–Kier alpha value is -3.47. The van der Waals surface area contributed by atoms with Crippen LogP contribution in [-0.2, 0) is 5.60 Å². The van der Waals surface area contributed by atoms with Gasteiger partial charge in [0, 0.05) is 12.2 Å². The van der Waals surface area contributed by atoms with E-state index in [1.165, 1.54) is 16.6 Å². The monoisotopic (exact) mass is 534 g/mol. The van der Waals surface area contributed by atoms with Crippen molar-refractivity contribution in [3.05, 3.63) is 71.7 Å². The van der Waals surface area contributed by atoms with E-state index in [0.717, 1.165) is 24.1 Å². The van der Waals surface area contributed by atoms with Crippen LogP contribution in [0.4, 0.5) is 20.4 Å². The number of nitrogens with zero attached hydrogens (tertiary/aromatic N) is 4. The second-order valence-electron chi connectivity index (χ2n) is 11.3. The van der Waals surface area contributed by atoms with Crippen molar-refractivity contribution >= 4 is 17.2 Å². The van der Waals surface area contributed by atoms with Gasteiger partial charge >= 0.3 is 0 Å². The highest BCUT2D eigenvalue weighted by Crippen LogP contribution is 2.44. The van der Waals surface area contributed by atoms with Crippen molar-refractivity contribution in [2.75, 3.05) is 5.32 Å². The number of anilines is 2. The Labute approximate surface area is 224 Å². The van der Waals surface area contributed by atoms with Crippen LogP contribution >= 0.6 is 0 Å². The Balaban J connectivity index is 1.33. The number of halogens is 2. The van der Waals surface area contributed by atoms with Gasteiger partial charge in [-0.25, -0.2) is 13.8 Å². The van der Waals surface area contributed by atoms with E-state index in [2.05, 4.69) is 20.4 Å². The first-order valence-corrected chi connectivity index (χ1v) is 13.3. The van der Waals surface area contributed by atoms with Crippen LogP contribution in [0.1, 0.15) is 63.0 Å². The molecule has 3 heterocycles. The lowest BCUT2D eigenvalue weighted by atomic mass is 9.68. The maximum atomic E-state index is 15.2. The van der Waals surface area contributed by atoms with E-state index in [-0.39, 0.29) is 34.7 Å². The van der Waals surface area contributed by atoms with Crippen LogP contribution in [0, 0.1) is 17.6 Å². The van der Waals surface area contributed by atoms with Gasteiger partial charge in [0.2, 0.25) is 5.95 Å². The third kappa shape index (κ3) is 4.36. The number of hydrogen-bond donors (Lipinski definition) is 4. The number of benzene rings is 1. The molecule has 2 fully saturated rings. The number of nitrogens with two attached hydrogens (primary N) is 1. The van der Waals surface area contributed by atoms with Gasteiger partial charge in [0.1, 0.15) is 11.6 Å². The van der Waals surface area contributed by atoms with Crippen molar-refractivity contribution in [3.8, 4) is 11.3 Å². The molecule has 4 aromatic rings. The second kappa shape index (κ2) is 9.32. The average Bonchev–Trinajstić information content (AvgIpc) is 3.27. The predicted octanol–water partition coefficient (Wildman–Crippen LogP) is 4.78. The molecule has 0 unspecified atom stereocenters. The minimum Gasteiger partial charge on any atom is -0.388 e. The van der Waals surface area contributed by atoms with Gasteiger partial charge in [-0.3, -0.25) is 4.98 Å². The molecule has 0 radical (unpaired) electrons. The smallest absolute Gasteiger partial charge is 0.229 e. The van der Waals surface area contributed by atoms with Gasteiger partial charge in [0.05, 0.1) is 46.1 Å². The zero-order valence-electron chi connectivity index (χ0n) is 21.9. The van der Waals surface area contributed by atoms with Crippen molar-refractivity contribution in [1.82, 2.24) is 19.6 Å². The van der Waals surface area contributed by atoms with Gasteiger partial charge < -0.3 is 21.3 Å². The quantitative estimate of drug-likeness (QED) is 0.291. The Morgan fingerprint density at radius 2 is 1.82 bits per heavy atom. The fourth-order valence-corrected chi connectivity index (χ4v) is 5.90. The number of imidazole rings is 1.